The van der Waals surface area contributed by atoms with Gasteiger partial charge < -0.3 is 9.47 Å². The van der Waals surface area contributed by atoms with Gasteiger partial charge in [0.25, 0.3) is 0 Å². The number of hydrogen-bond acceptors (Lipinski definition) is 6. The van der Waals surface area contributed by atoms with E-state index in [0.717, 1.165) is 12.3 Å². The molecule has 1 aromatic heterocycles. The first-order valence-electron chi connectivity index (χ1n) is 6.23. The monoisotopic (exact) mass is 267 g/mol. The molecule has 0 bridgehead atoms. The van der Waals surface area contributed by atoms with Crippen LogP contribution in [0.25, 0.3) is 0 Å². The SMILES string of the molecule is COC(=O)Cc1c(C(=O)OC)nnn1CCC1CC1. The van der Waals surface area contributed by atoms with Crippen LogP contribution in [0.4, 0.5) is 0 Å². The summed E-state index contributed by atoms with van der Waals surface area (Å²) in [6, 6.07) is 0. The average molecular weight is 267 g/mol. The zero-order chi connectivity index (χ0) is 13.8. The first-order valence-corrected chi connectivity index (χ1v) is 6.23. The predicted octanol–water partition coefficient (Wildman–Crippen LogP) is 0.580. The lowest BCUT2D eigenvalue weighted by Crippen LogP contribution is -2.15. The van der Waals surface area contributed by atoms with Gasteiger partial charge in [-0.15, -0.1) is 5.10 Å². The van der Waals surface area contributed by atoms with Crippen molar-refractivity contribution in [3.8, 4) is 0 Å². The number of aromatic nitrogens is 3. The van der Waals surface area contributed by atoms with Crippen LogP contribution in [0.15, 0.2) is 0 Å². The van der Waals surface area contributed by atoms with E-state index in [-0.39, 0.29) is 12.1 Å². The maximum absolute atomic E-state index is 11.6. The Kier molecular flexibility index (Phi) is 4.13. The number of hydrogen-bond donors (Lipinski definition) is 0. The van der Waals surface area contributed by atoms with Crippen molar-refractivity contribution in [1.29, 1.82) is 0 Å². The van der Waals surface area contributed by atoms with Gasteiger partial charge in [-0.2, -0.15) is 0 Å². The Labute approximate surface area is 110 Å². The highest BCUT2D eigenvalue weighted by Gasteiger charge is 2.25. The fraction of sp³-hybridized carbons (Fsp3) is 0.667. The van der Waals surface area contributed by atoms with Crippen LogP contribution in [0.3, 0.4) is 0 Å². The lowest BCUT2D eigenvalue weighted by atomic mass is 10.2. The van der Waals surface area contributed by atoms with E-state index in [0.29, 0.717) is 12.2 Å². The molecule has 1 aromatic rings. The van der Waals surface area contributed by atoms with E-state index in [2.05, 4.69) is 19.8 Å². The lowest BCUT2D eigenvalue weighted by molar-refractivity contribution is -0.139. The van der Waals surface area contributed by atoms with Crippen LogP contribution >= 0.6 is 0 Å². The summed E-state index contributed by atoms with van der Waals surface area (Å²) in [6.45, 7) is 0.654. The zero-order valence-electron chi connectivity index (χ0n) is 11.1. The van der Waals surface area contributed by atoms with Gasteiger partial charge in [-0.05, 0) is 12.3 Å². The van der Waals surface area contributed by atoms with E-state index in [9.17, 15) is 9.59 Å². The molecule has 104 valence electrons. The van der Waals surface area contributed by atoms with E-state index in [1.165, 1.54) is 27.1 Å². The van der Waals surface area contributed by atoms with Crippen molar-refractivity contribution in [1.82, 2.24) is 15.0 Å². The van der Waals surface area contributed by atoms with Crippen LogP contribution < -0.4 is 0 Å². The predicted molar refractivity (Wildman–Crippen MR) is 64.4 cm³/mol. The molecule has 1 aliphatic rings. The van der Waals surface area contributed by atoms with Crippen molar-refractivity contribution in [2.75, 3.05) is 14.2 Å². The highest BCUT2D eigenvalue weighted by Crippen LogP contribution is 2.32. The molecule has 0 aliphatic heterocycles. The number of rotatable bonds is 6. The van der Waals surface area contributed by atoms with Crippen LogP contribution in [-0.2, 0) is 27.2 Å². The summed E-state index contributed by atoms with van der Waals surface area (Å²) in [6.07, 6.45) is 3.44. The van der Waals surface area contributed by atoms with Crippen molar-refractivity contribution >= 4 is 11.9 Å². The summed E-state index contributed by atoms with van der Waals surface area (Å²) in [7, 11) is 2.58. The minimum absolute atomic E-state index is 0.0292. The number of carbonyl (C=O) groups excluding carboxylic acids is 2. The first-order chi connectivity index (χ1) is 9.15. The van der Waals surface area contributed by atoms with Gasteiger partial charge in [-0.1, -0.05) is 18.1 Å². The molecule has 19 heavy (non-hydrogen) atoms. The molecular weight excluding hydrogens is 250 g/mol. The largest absolute Gasteiger partial charge is 0.469 e. The Morgan fingerprint density at radius 1 is 1.32 bits per heavy atom. The van der Waals surface area contributed by atoms with Gasteiger partial charge in [0.15, 0.2) is 5.69 Å². The summed E-state index contributed by atoms with van der Waals surface area (Å²) in [5.74, 6) is -0.284. The molecule has 0 radical (unpaired) electrons. The molecule has 1 saturated carbocycles. The topological polar surface area (TPSA) is 83.3 Å². The van der Waals surface area contributed by atoms with Crippen LogP contribution in [0.5, 0.6) is 0 Å². The zero-order valence-corrected chi connectivity index (χ0v) is 11.1. The minimum Gasteiger partial charge on any atom is -0.469 e. The highest BCUT2D eigenvalue weighted by molar-refractivity contribution is 5.89. The summed E-state index contributed by atoms with van der Waals surface area (Å²) in [5.41, 5.74) is 0.544. The summed E-state index contributed by atoms with van der Waals surface area (Å²) < 4.78 is 10.9. The molecule has 1 aliphatic carbocycles. The molecule has 1 heterocycles. The summed E-state index contributed by atoms with van der Waals surface area (Å²) >= 11 is 0. The lowest BCUT2D eigenvalue weighted by Gasteiger charge is -2.06. The van der Waals surface area contributed by atoms with E-state index in [1.807, 2.05) is 0 Å². The fourth-order valence-corrected chi connectivity index (χ4v) is 1.86. The van der Waals surface area contributed by atoms with E-state index >= 15 is 0 Å². The third kappa shape index (κ3) is 3.30. The molecule has 0 N–H and O–H groups in total. The third-order valence-electron chi connectivity index (χ3n) is 3.20. The van der Waals surface area contributed by atoms with Crippen LogP contribution in [0.2, 0.25) is 0 Å². The van der Waals surface area contributed by atoms with Crippen molar-refractivity contribution in [2.24, 2.45) is 5.92 Å². The van der Waals surface area contributed by atoms with Crippen LogP contribution in [0.1, 0.15) is 35.4 Å². The number of nitrogens with zero attached hydrogens (tertiary/aromatic N) is 3. The molecule has 7 heteroatoms. The number of ether oxygens (including phenoxy) is 2. The molecule has 0 saturated heterocycles. The quantitative estimate of drug-likeness (QED) is 0.701. The number of methoxy groups -OCH3 is 2. The molecule has 0 spiro atoms. The molecule has 0 aromatic carbocycles. The Balaban J connectivity index is 2.17. The molecule has 1 fully saturated rings. The van der Waals surface area contributed by atoms with Crippen molar-refractivity contribution in [2.45, 2.75) is 32.2 Å². The number of carbonyl (C=O) groups is 2. The van der Waals surface area contributed by atoms with Gasteiger partial charge in [0, 0.05) is 6.54 Å². The molecule has 2 rings (SSSR count). The molecule has 0 amide bonds. The van der Waals surface area contributed by atoms with E-state index < -0.39 is 11.9 Å². The Morgan fingerprint density at radius 3 is 2.63 bits per heavy atom. The molecule has 0 atom stereocenters. The normalized spacial score (nSPS) is 14.2. The first kappa shape index (κ1) is 13.5. The highest BCUT2D eigenvalue weighted by atomic mass is 16.5. The molecule has 0 unspecified atom stereocenters. The maximum atomic E-state index is 11.6. The number of esters is 2. The van der Waals surface area contributed by atoms with Crippen molar-refractivity contribution < 1.29 is 19.1 Å². The van der Waals surface area contributed by atoms with Gasteiger partial charge in [0.1, 0.15) is 0 Å². The van der Waals surface area contributed by atoms with E-state index in [4.69, 9.17) is 0 Å². The Bertz CT molecular complexity index is 479. The van der Waals surface area contributed by atoms with Gasteiger partial charge >= 0.3 is 11.9 Å². The standard InChI is InChI=1S/C12H17N3O4/c1-18-10(16)7-9-11(12(17)19-2)13-14-15(9)6-5-8-3-4-8/h8H,3-7H2,1-2H3. The average Bonchev–Trinajstić information content (AvgIpc) is 3.17. The summed E-state index contributed by atoms with van der Waals surface area (Å²) in [5, 5.41) is 7.73. The second-order valence-corrected chi connectivity index (χ2v) is 4.58. The second kappa shape index (κ2) is 5.81. The van der Waals surface area contributed by atoms with Gasteiger partial charge in [-0.3, -0.25) is 4.79 Å². The van der Waals surface area contributed by atoms with Gasteiger partial charge in [0.2, 0.25) is 0 Å². The maximum Gasteiger partial charge on any atom is 0.360 e. The minimum atomic E-state index is -0.587. The smallest absolute Gasteiger partial charge is 0.360 e. The van der Waals surface area contributed by atoms with Crippen molar-refractivity contribution in [3.63, 3.8) is 0 Å². The third-order valence-corrected chi connectivity index (χ3v) is 3.20. The van der Waals surface area contributed by atoms with E-state index in [1.54, 1.807) is 4.68 Å². The van der Waals surface area contributed by atoms with Gasteiger partial charge in [0.05, 0.1) is 26.3 Å². The molecule has 7 nitrogen and oxygen atoms in total. The second-order valence-electron chi connectivity index (χ2n) is 4.58. The number of aryl methyl sites for hydroxylation is 1. The Hall–Kier alpha value is -1.92. The van der Waals surface area contributed by atoms with Crippen LogP contribution in [-0.4, -0.2) is 41.2 Å². The van der Waals surface area contributed by atoms with Crippen LogP contribution in [0, 0.1) is 5.92 Å². The van der Waals surface area contributed by atoms with Crippen molar-refractivity contribution in [3.05, 3.63) is 11.4 Å². The fourth-order valence-electron chi connectivity index (χ4n) is 1.86. The summed E-state index contributed by atoms with van der Waals surface area (Å²) in [4.78, 5) is 23.0. The Morgan fingerprint density at radius 2 is 2.05 bits per heavy atom. The van der Waals surface area contributed by atoms with Gasteiger partial charge in [-0.25, -0.2) is 9.48 Å². The molecular formula is C12H17N3O4.